The lowest BCUT2D eigenvalue weighted by Crippen LogP contribution is -2.31. The van der Waals surface area contributed by atoms with E-state index in [1.54, 1.807) is 43.3 Å². The normalized spacial score (nSPS) is 10.9. The number of hydrogen-bond acceptors (Lipinski definition) is 3. The summed E-state index contributed by atoms with van der Waals surface area (Å²) in [5.74, 6) is -1.08. The molecule has 0 aliphatic carbocycles. The number of aromatic nitrogens is 1. The number of aromatic hydroxyl groups is 1. The number of pyridine rings is 1. The molecule has 2 aromatic carbocycles. The summed E-state index contributed by atoms with van der Waals surface area (Å²) in [6, 6.07) is 9.90. The van der Waals surface area contributed by atoms with Crippen molar-refractivity contribution in [2.75, 3.05) is 11.9 Å². The topological polar surface area (TPSA) is 73.4 Å². The molecule has 0 aliphatic heterocycles. The second-order valence-corrected chi connectivity index (χ2v) is 6.45. The Kier molecular flexibility index (Phi) is 4.45. The highest BCUT2D eigenvalue weighted by Crippen LogP contribution is 2.34. The van der Waals surface area contributed by atoms with E-state index in [1.165, 1.54) is 11.9 Å². The van der Waals surface area contributed by atoms with Gasteiger partial charge in [0.15, 0.2) is 0 Å². The van der Waals surface area contributed by atoms with Gasteiger partial charge in [0.25, 0.3) is 11.5 Å². The molecule has 0 unspecified atom stereocenters. The van der Waals surface area contributed by atoms with Crippen LogP contribution in [-0.2, 0) is 0 Å². The summed E-state index contributed by atoms with van der Waals surface area (Å²) in [5.41, 5.74) is 0.571. The molecule has 0 fully saturated rings. The first-order valence-corrected chi connectivity index (χ1v) is 8.14. The van der Waals surface area contributed by atoms with E-state index >= 15 is 0 Å². The number of nitrogens with one attached hydrogen (secondary N) is 1. The number of amides is 1. The number of carbonyl (C=O) groups excluding carboxylic acids is 1. The van der Waals surface area contributed by atoms with E-state index in [1.807, 2.05) is 0 Å². The summed E-state index contributed by atoms with van der Waals surface area (Å²) < 4.78 is 0. The van der Waals surface area contributed by atoms with Gasteiger partial charge >= 0.3 is 0 Å². The second-order valence-electron chi connectivity index (χ2n) is 5.64. The summed E-state index contributed by atoms with van der Waals surface area (Å²) in [6.07, 6.45) is 0. The number of benzene rings is 2. The number of carbonyl (C=O) groups is 1. The molecule has 25 heavy (non-hydrogen) atoms. The zero-order valence-corrected chi connectivity index (χ0v) is 14.9. The quantitative estimate of drug-likeness (QED) is 0.706. The van der Waals surface area contributed by atoms with Crippen molar-refractivity contribution in [1.82, 2.24) is 4.98 Å². The van der Waals surface area contributed by atoms with Crippen LogP contribution in [0.3, 0.4) is 0 Å². The monoisotopic (exact) mass is 376 g/mol. The predicted octanol–water partition coefficient (Wildman–Crippen LogP) is 4.13. The third-order valence-electron chi connectivity index (χ3n) is 4.02. The van der Waals surface area contributed by atoms with Crippen molar-refractivity contribution in [1.29, 1.82) is 0 Å². The largest absolute Gasteiger partial charge is 0.506 e. The Labute approximate surface area is 153 Å². The summed E-state index contributed by atoms with van der Waals surface area (Å²) in [4.78, 5) is 29.0. The lowest BCUT2D eigenvalue weighted by molar-refractivity contribution is 0.0989. The van der Waals surface area contributed by atoms with Gasteiger partial charge in [0.2, 0.25) is 0 Å². The van der Waals surface area contributed by atoms with Crippen LogP contribution in [-0.4, -0.2) is 23.0 Å². The highest BCUT2D eigenvalue weighted by atomic mass is 35.5. The summed E-state index contributed by atoms with van der Waals surface area (Å²) in [7, 11) is 1.51. The summed E-state index contributed by atoms with van der Waals surface area (Å²) >= 11 is 12.1. The molecule has 5 nitrogen and oxygen atoms in total. The van der Waals surface area contributed by atoms with Crippen LogP contribution >= 0.6 is 23.2 Å². The Morgan fingerprint density at radius 3 is 2.40 bits per heavy atom. The first-order valence-electron chi connectivity index (χ1n) is 7.39. The van der Waals surface area contributed by atoms with Gasteiger partial charge in [0.05, 0.1) is 15.9 Å². The maximum atomic E-state index is 12.8. The average Bonchev–Trinajstić information content (AvgIpc) is 2.58. The zero-order chi connectivity index (χ0) is 18.3. The van der Waals surface area contributed by atoms with E-state index in [0.717, 1.165) is 5.56 Å². The van der Waals surface area contributed by atoms with E-state index in [0.29, 0.717) is 16.2 Å². The van der Waals surface area contributed by atoms with E-state index in [2.05, 4.69) is 4.98 Å². The van der Waals surface area contributed by atoms with Gasteiger partial charge in [-0.05, 0) is 42.8 Å². The third kappa shape index (κ3) is 2.97. The minimum Gasteiger partial charge on any atom is -0.506 e. The predicted molar refractivity (Wildman–Crippen MR) is 100 cm³/mol. The maximum Gasteiger partial charge on any atom is 0.267 e. The number of hydrogen-bond donors (Lipinski definition) is 2. The highest BCUT2D eigenvalue weighted by molar-refractivity contribution is 6.37. The Morgan fingerprint density at radius 2 is 1.76 bits per heavy atom. The standard InChI is InChI=1S/C18H14Cl2N2O3/c1-9-3-8-12-13(15(9)20)16(23)14(17(24)21-12)18(25)22(2)11-6-4-10(19)5-7-11/h3-8H,1-2H3,(H2,21,23,24). The second kappa shape index (κ2) is 6.43. The molecular formula is C18H14Cl2N2O3. The van der Waals surface area contributed by atoms with Crippen molar-refractivity contribution in [3.63, 3.8) is 0 Å². The molecule has 0 saturated heterocycles. The van der Waals surface area contributed by atoms with Gasteiger partial charge in [-0.1, -0.05) is 29.3 Å². The van der Waals surface area contributed by atoms with Crippen LogP contribution in [0.2, 0.25) is 10.0 Å². The van der Waals surface area contributed by atoms with Gasteiger partial charge in [0, 0.05) is 17.8 Å². The fraction of sp³-hybridized carbons (Fsp3) is 0.111. The number of aryl methyl sites for hydroxylation is 1. The minimum absolute atomic E-state index is 0.245. The Morgan fingerprint density at radius 1 is 1.12 bits per heavy atom. The lowest BCUT2D eigenvalue weighted by Gasteiger charge is -2.18. The molecule has 0 radical (unpaired) electrons. The number of rotatable bonds is 2. The number of fused-ring (bicyclic) bond motifs is 1. The first kappa shape index (κ1) is 17.3. The van der Waals surface area contributed by atoms with Gasteiger partial charge in [0.1, 0.15) is 11.3 Å². The van der Waals surface area contributed by atoms with Gasteiger partial charge in [-0.15, -0.1) is 0 Å². The fourth-order valence-corrected chi connectivity index (χ4v) is 2.96. The Hall–Kier alpha value is -2.50. The molecule has 128 valence electrons. The first-order chi connectivity index (χ1) is 11.8. The number of aromatic amines is 1. The van der Waals surface area contributed by atoms with Crippen LogP contribution in [0.15, 0.2) is 41.2 Å². The highest BCUT2D eigenvalue weighted by Gasteiger charge is 2.24. The number of halogens is 2. The van der Waals surface area contributed by atoms with Crippen molar-refractivity contribution < 1.29 is 9.90 Å². The van der Waals surface area contributed by atoms with Crippen molar-refractivity contribution in [3.05, 3.63) is 67.9 Å². The minimum atomic E-state index is -0.685. The maximum absolute atomic E-state index is 12.8. The van der Waals surface area contributed by atoms with Gasteiger partial charge in [-0.3, -0.25) is 9.59 Å². The summed E-state index contributed by atoms with van der Waals surface area (Å²) in [5, 5.41) is 11.6. The molecule has 0 aliphatic rings. The van der Waals surface area contributed by atoms with Crippen LogP contribution in [0.1, 0.15) is 15.9 Å². The van der Waals surface area contributed by atoms with E-state index < -0.39 is 17.2 Å². The van der Waals surface area contributed by atoms with E-state index in [9.17, 15) is 14.7 Å². The van der Waals surface area contributed by atoms with Crippen LogP contribution < -0.4 is 10.5 Å². The van der Waals surface area contributed by atoms with Crippen molar-refractivity contribution in [3.8, 4) is 5.75 Å². The molecule has 1 amide bonds. The van der Waals surface area contributed by atoms with Crippen LogP contribution in [0.25, 0.3) is 10.9 Å². The number of anilines is 1. The zero-order valence-electron chi connectivity index (χ0n) is 13.4. The Balaban J connectivity index is 2.17. The molecule has 7 heteroatoms. The molecule has 1 aromatic heterocycles. The molecular weight excluding hydrogens is 363 g/mol. The Bertz CT molecular complexity index is 1040. The average molecular weight is 377 g/mol. The molecule has 2 N–H and O–H groups in total. The molecule has 0 bridgehead atoms. The molecule has 0 atom stereocenters. The van der Waals surface area contributed by atoms with Crippen LogP contribution in [0.4, 0.5) is 5.69 Å². The molecule has 3 rings (SSSR count). The van der Waals surface area contributed by atoms with Crippen LogP contribution in [0, 0.1) is 6.92 Å². The van der Waals surface area contributed by atoms with Crippen molar-refractivity contribution in [2.45, 2.75) is 6.92 Å². The molecule has 3 aromatic rings. The molecule has 1 heterocycles. The third-order valence-corrected chi connectivity index (χ3v) is 4.76. The van der Waals surface area contributed by atoms with Crippen LogP contribution in [0.5, 0.6) is 5.75 Å². The fourth-order valence-electron chi connectivity index (χ4n) is 2.58. The smallest absolute Gasteiger partial charge is 0.267 e. The summed E-state index contributed by atoms with van der Waals surface area (Å²) in [6.45, 7) is 1.77. The number of nitrogens with zero attached hydrogens (tertiary/aromatic N) is 1. The van der Waals surface area contributed by atoms with E-state index in [-0.39, 0.29) is 16.0 Å². The SMILES string of the molecule is Cc1ccc2[nH]c(=O)c(C(=O)N(C)c3ccc(Cl)cc3)c(O)c2c1Cl. The van der Waals surface area contributed by atoms with Gasteiger partial charge in [-0.25, -0.2) is 0 Å². The van der Waals surface area contributed by atoms with E-state index in [4.69, 9.17) is 23.2 Å². The molecule has 0 saturated carbocycles. The van der Waals surface area contributed by atoms with Gasteiger partial charge in [-0.2, -0.15) is 0 Å². The van der Waals surface area contributed by atoms with Gasteiger partial charge < -0.3 is 15.0 Å². The van der Waals surface area contributed by atoms with Crippen molar-refractivity contribution in [2.24, 2.45) is 0 Å². The van der Waals surface area contributed by atoms with Crippen molar-refractivity contribution >= 4 is 45.7 Å². The number of H-pyrrole nitrogens is 1. The lowest BCUT2D eigenvalue weighted by atomic mass is 10.1. The molecule has 0 spiro atoms.